The Bertz CT molecular complexity index is 255. The zero-order valence-corrected chi connectivity index (χ0v) is 7.85. The number of hydrogen-bond donors (Lipinski definition) is 1. The van der Waals surface area contributed by atoms with Crippen molar-refractivity contribution in [3.8, 4) is 0 Å². The molecule has 66 valence electrons. The molecule has 1 amide bonds. The van der Waals surface area contributed by atoms with E-state index >= 15 is 0 Å². The molecule has 2 nitrogen and oxygen atoms in total. The van der Waals surface area contributed by atoms with E-state index < -0.39 is 5.91 Å². The molecular formula is C10H15NO. The summed E-state index contributed by atoms with van der Waals surface area (Å²) in [6.45, 7) is 9.32. The highest BCUT2D eigenvalue weighted by Gasteiger charge is 1.99. The smallest absolute Gasteiger partial charge is 0.248 e. The first-order valence-electron chi connectivity index (χ1n) is 3.75. The molecule has 0 atom stereocenters. The van der Waals surface area contributed by atoms with Crippen molar-refractivity contribution in [2.24, 2.45) is 5.73 Å². The van der Waals surface area contributed by atoms with Gasteiger partial charge in [0.2, 0.25) is 5.91 Å². The third-order valence-electron chi connectivity index (χ3n) is 1.13. The van der Waals surface area contributed by atoms with Gasteiger partial charge >= 0.3 is 0 Å². The molecule has 0 fully saturated rings. The molecule has 0 rings (SSSR count). The van der Waals surface area contributed by atoms with Crippen LogP contribution in [0.3, 0.4) is 0 Å². The quantitative estimate of drug-likeness (QED) is 0.504. The number of carbonyl (C=O) groups excluding carboxylic acids is 1. The van der Waals surface area contributed by atoms with E-state index in [4.69, 9.17) is 5.73 Å². The highest BCUT2D eigenvalue weighted by molar-refractivity contribution is 5.95. The van der Waals surface area contributed by atoms with Gasteiger partial charge in [0, 0.05) is 5.57 Å². The highest BCUT2D eigenvalue weighted by Crippen LogP contribution is 2.04. The fraction of sp³-hybridized carbons (Fsp3) is 0.300. The van der Waals surface area contributed by atoms with Crippen molar-refractivity contribution in [1.82, 2.24) is 0 Å². The van der Waals surface area contributed by atoms with E-state index in [0.717, 1.165) is 11.1 Å². The SMILES string of the molecule is C=C(C)/C=C(\C=C(C)C)C(N)=O. The molecule has 0 aliphatic heterocycles. The molecule has 0 bridgehead atoms. The topological polar surface area (TPSA) is 43.1 Å². The van der Waals surface area contributed by atoms with E-state index in [9.17, 15) is 4.79 Å². The molecule has 2 N–H and O–H groups in total. The molecule has 0 aromatic heterocycles. The average Bonchev–Trinajstić information content (AvgIpc) is 1.83. The summed E-state index contributed by atoms with van der Waals surface area (Å²) in [6.07, 6.45) is 3.42. The van der Waals surface area contributed by atoms with Gasteiger partial charge in [-0.2, -0.15) is 0 Å². The van der Waals surface area contributed by atoms with Crippen LogP contribution in [0.2, 0.25) is 0 Å². The molecule has 0 aliphatic rings. The van der Waals surface area contributed by atoms with Crippen molar-refractivity contribution < 1.29 is 4.79 Å². The van der Waals surface area contributed by atoms with Gasteiger partial charge in [-0.25, -0.2) is 0 Å². The Balaban J connectivity index is 4.81. The lowest BCUT2D eigenvalue weighted by Gasteiger charge is -1.97. The minimum absolute atomic E-state index is 0.417. The Kier molecular flexibility index (Phi) is 4.05. The maximum atomic E-state index is 10.8. The third-order valence-corrected chi connectivity index (χ3v) is 1.13. The number of carbonyl (C=O) groups is 1. The van der Waals surface area contributed by atoms with Crippen LogP contribution >= 0.6 is 0 Å². The van der Waals surface area contributed by atoms with E-state index in [1.54, 1.807) is 12.2 Å². The normalized spacial score (nSPS) is 10.8. The first kappa shape index (κ1) is 10.7. The zero-order valence-electron chi connectivity index (χ0n) is 7.85. The summed E-state index contributed by atoms with van der Waals surface area (Å²) in [6, 6.07) is 0. The molecule has 0 aromatic carbocycles. The van der Waals surface area contributed by atoms with E-state index in [2.05, 4.69) is 6.58 Å². The summed E-state index contributed by atoms with van der Waals surface area (Å²) in [5, 5.41) is 0. The van der Waals surface area contributed by atoms with Crippen LogP contribution in [0.15, 0.2) is 35.5 Å². The highest BCUT2D eigenvalue weighted by atomic mass is 16.1. The van der Waals surface area contributed by atoms with Crippen LogP contribution in [0.4, 0.5) is 0 Å². The average molecular weight is 165 g/mol. The fourth-order valence-electron chi connectivity index (χ4n) is 0.760. The summed E-state index contributed by atoms with van der Waals surface area (Å²) in [4.78, 5) is 10.8. The molecule has 12 heavy (non-hydrogen) atoms. The summed E-state index contributed by atoms with van der Waals surface area (Å²) >= 11 is 0. The molecule has 0 saturated heterocycles. The molecule has 0 spiro atoms. The Labute approximate surface area is 73.5 Å². The molecule has 0 unspecified atom stereocenters. The lowest BCUT2D eigenvalue weighted by atomic mass is 10.1. The summed E-state index contributed by atoms with van der Waals surface area (Å²) in [5.41, 5.74) is 7.51. The number of primary amides is 1. The Morgan fingerprint density at radius 1 is 1.25 bits per heavy atom. The number of rotatable bonds is 3. The van der Waals surface area contributed by atoms with Gasteiger partial charge in [-0.05, 0) is 26.8 Å². The van der Waals surface area contributed by atoms with Crippen molar-refractivity contribution in [2.75, 3.05) is 0 Å². The minimum Gasteiger partial charge on any atom is -0.366 e. The summed E-state index contributed by atoms with van der Waals surface area (Å²) < 4.78 is 0. The number of amides is 1. The molecule has 0 aliphatic carbocycles. The van der Waals surface area contributed by atoms with Crippen LogP contribution < -0.4 is 5.73 Å². The number of allylic oxidation sites excluding steroid dienone is 3. The molecule has 0 radical (unpaired) electrons. The first-order chi connectivity index (χ1) is 5.43. The second-order valence-corrected chi connectivity index (χ2v) is 3.03. The van der Waals surface area contributed by atoms with Gasteiger partial charge < -0.3 is 5.73 Å². The van der Waals surface area contributed by atoms with Crippen LogP contribution in [-0.4, -0.2) is 5.91 Å². The van der Waals surface area contributed by atoms with Crippen LogP contribution in [-0.2, 0) is 4.79 Å². The molecular weight excluding hydrogens is 150 g/mol. The summed E-state index contributed by atoms with van der Waals surface area (Å²) in [5.74, 6) is -0.417. The van der Waals surface area contributed by atoms with Crippen LogP contribution in [0, 0.1) is 0 Å². The van der Waals surface area contributed by atoms with Crippen LogP contribution in [0.5, 0.6) is 0 Å². The number of nitrogens with two attached hydrogens (primary N) is 1. The van der Waals surface area contributed by atoms with Crippen molar-refractivity contribution in [2.45, 2.75) is 20.8 Å². The second kappa shape index (κ2) is 4.54. The van der Waals surface area contributed by atoms with Gasteiger partial charge in [0.05, 0.1) is 0 Å². The van der Waals surface area contributed by atoms with Gasteiger partial charge in [0.25, 0.3) is 0 Å². The van der Waals surface area contributed by atoms with E-state index in [-0.39, 0.29) is 0 Å². The molecule has 0 heterocycles. The Morgan fingerprint density at radius 2 is 1.75 bits per heavy atom. The van der Waals surface area contributed by atoms with Crippen LogP contribution in [0.25, 0.3) is 0 Å². The summed E-state index contributed by atoms with van der Waals surface area (Å²) in [7, 11) is 0. The zero-order chi connectivity index (χ0) is 9.72. The predicted molar refractivity (Wildman–Crippen MR) is 51.5 cm³/mol. The monoisotopic (exact) mass is 165 g/mol. The Morgan fingerprint density at radius 3 is 2.00 bits per heavy atom. The first-order valence-corrected chi connectivity index (χ1v) is 3.75. The largest absolute Gasteiger partial charge is 0.366 e. The van der Waals surface area contributed by atoms with Crippen molar-refractivity contribution in [3.63, 3.8) is 0 Å². The van der Waals surface area contributed by atoms with Crippen molar-refractivity contribution in [1.29, 1.82) is 0 Å². The van der Waals surface area contributed by atoms with Gasteiger partial charge in [-0.1, -0.05) is 23.8 Å². The van der Waals surface area contributed by atoms with Gasteiger partial charge in [-0.15, -0.1) is 0 Å². The van der Waals surface area contributed by atoms with Crippen molar-refractivity contribution >= 4 is 5.91 Å². The third kappa shape index (κ3) is 4.50. The number of hydrogen-bond acceptors (Lipinski definition) is 1. The predicted octanol–water partition coefficient (Wildman–Crippen LogP) is 1.94. The van der Waals surface area contributed by atoms with Crippen molar-refractivity contribution in [3.05, 3.63) is 35.5 Å². The lowest BCUT2D eigenvalue weighted by molar-refractivity contribution is -0.114. The molecule has 2 heteroatoms. The molecule has 0 aromatic rings. The fourth-order valence-corrected chi connectivity index (χ4v) is 0.760. The molecule has 0 saturated carbocycles. The lowest BCUT2D eigenvalue weighted by Crippen LogP contribution is -2.12. The van der Waals surface area contributed by atoms with E-state index in [0.29, 0.717) is 5.57 Å². The standard InChI is InChI=1S/C10H15NO/c1-7(2)5-9(10(11)12)6-8(3)4/h5-6H,1H2,2-4H3,(H2,11,12)/b9-5+. The second-order valence-electron chi connectivity index (χ2n) is 3.03. The van der Waals surface area contributed by atoms with E-state index in [1.807, 2.05) is 20.8 Å². The van der Waals surface area contributed by atoms with Crippen LogP contribution in [0.1, 0.15) is 20.8 Å². The Hall–Kier alpha value is -1.31. The van der Waals surface area contributed by atoms with Gasteiger partial charge in [-0.3, -0.25) is 4.79 Å². The van der Waals surface area contributed by atoms with E-state index in [1.165, 1.54) is 0 Å². The maximum Gasteiger partial charge on any atom is 0.248 e. The maximum absolute atomic E-state index is 10.8. The van der Waals surface area contributed by atoms with Gasteiger partial charge in [0.1, 0.15) is 0 Å². The van der Waals surface area contributed by atoms with Gasteiger partial charge in [0.15, 0.2) is 0 Å². The minimum atomic E-state index is -0.417.